The van der Waals surface area contributed by atoms with Crippen LogP contribution in [0.3, 0.4) is 0 Å². The SMILES string of the molecule is CC(C)(C)OC(=O)N1[C@@H]2C[C@@H]2C[C@H]1C1=NC=C(c2ccc(-c3ccc4nc(-c5cnc([C@@H]6C[C@H]7C[C@H]7N6C(=O)OC(C)(C)C)[nH]5)ccc4c3)cc2)C1. The number of pyridine rings is 1. The summed E-state index contributed by atoms with van der Waals surface area (Å²) in [6.07, 6.45) is 8.02. The van der Waals surface area contributed by atoms with Gasteiger partial charge in [0, 0.05) is 35.8 Å². The number of hydrogen-bond acceptors (Lipinski definition) is 7. The number of hydrogen-bond donors (Lipinski definition) is 1. The Morgan fingerprint density at radius 3 is 2.04 bits per heavy atom. The van der Waals surface area contributed by atoms with Crippen molar-refractivity contribution >= 4 is 34.4 Å². The Hall–Kier alpha value is -4.99. The largest absolute Gasteiger partial charge is 0.444 e. The van der Waals surface area contributed by atoms with Crippen LogP contribution in [0.4, 0.5) is 9.59 Å². The summed E-state index contributed by atoms with van der Waals surface area (Å²) in [5, 5.41) is 1.05. The second kappa shape index (κ2) is 11.8. The number of H-pyrrole nitrogens is 1. The minimum atomic E-state index is -0.542. The first kappa shape index (κ1) is 32.9. The number of aromatic amines is 1. The van der Waals surface area contributed by atoms with E-state index in [1.165, 1.54) is 5.57 Å². The predicted molar refractivity (Wildman–Crippen MR) is 200 cm³/mol. The summed E-state index contributed by atoms with van der Waals surface area (Å²) in [5.41, 5.74) is 7.10. The molecule has 4 aromatic rings. The molecule has 268 valence electrons. The molecule has 4 fully saturated rings. The van der Waals surface area contributed by atoms with E-state index in [0.29, 0.717) is 17.9 Å². The van der Waals surface area contributed by atoms with Gasteiger partial charge in [-0.2, -0.15) is 0 Å². The molecule has 5 aliphatic rings. The number of imidazole rings is 1. The van der Waals surface area contributed by atoms with Gasteiger partial charge in [-0.15, -0.1) is 0 Å². The number of nitrogens with one attached hydrogen (secondary N) is 1. The van der Waals surface area contributed by atoms with E-state index in [1.54, 1.807) is 0 Å². The third-order valence-electron chi connectivity index (χ3n) is 11.0. The van der Waals surface area contributed by atoms with E-state index in [0.717, 1.165) is 82.6 Å². The summed E-state index contributed by atoms with van der Waals surface area (Å²) in [5.74, 6) is 1.86. The van der Waals surface area contributed by atoms with Gasteiger partial charge >= 0.3 is 12.2 Å². The summed E-state index contributed by atoms with van der Waals surface area (Å²) in [6.45, 7) is 11.5. The van der Waals surface area contributed by atoms with Crippen LogP contribution < -0.4 is 0 Å². The number of allylic oxidation sites excluding steroid dienone is 1. The van der Waals surface area contributed by atoms with Crippen LogP contribution in [0.1, 0.15) is 91.1 Å². The maximum Gasteiger partial charge on any atom is 0.411 e. The van der Waals surface area contributed by atoms with E-state index in [-0.39, 0.29) is 30.3 Å². The minimum absolute atomic E-state index is 0.0148. The van der Waals surface area contributed by atoms with Gasteiger partial charge < -0.3 is 14.5 Å². The Labute approximate surface area is 304 Å². The molecule has 2 amide bonds. The van der Waals surface area contributed by atoms with Gasteiger partial charge in [0.1, 0.15) is 17.0 Å². The molecule has 0 bridgehead atoms. The minimum Gasteiger partial charge on any atom is -0.444 e. The maximum atomic E-state index is 13.1. The highest BCUT2D eigenvalue weighted by molar-refractivity contribution is 6.03. The van der Waals surface area contributed by atoms with Crippen molar-refractivity contribution in [2.45, 2.75) is 109 Å². The summed E-state index contributed by atoms with van der Waals surface area (Å²) in [4.78, 5) is 47.9. The molecule has 52 heavy (non-hydrogen) atoms. The van der Waals surface area contributed by atoms with Gasteiger partial charge in [-0.25, -0.2) is 19.6 Å². The Bertz CT molecular complexity index is 2150. The number of benzene rings is 2. The molecule has 2 saturated carbocycles. The van der Waals surface area contributed by atoms with Crippen molar-refractivity contribution in [3.05, 3.63) is 78.4 Å². The number of ether oxygens (including phenoxy) is 2. The quantitative estimate of drug-likeness (QED) is 0.223. The summed E-state index contributed by atoms with van der Waals surface area (Å²) in [6, 6.07) is 19.6. The molecule has 6 atom stereocenters. The molecule has 2 aromatic heterocycles. The zero-order valence-corrected chi connectivity index (χ0v) is 30.7. The normalized spacial score (nSPS) is 26.2. The van der Waals surface area contributed by atoms with Crippen molar-refractivity contribution in [2.24, 2.45) is 16.8 Å². The fourth-order valence-electron chi connectivity index (χ4n) is 8.40. The number of amides is 2. The molecule has 0 unspecified atom stereocenters. The zero-order valence-electron chi connectivity index (χ0n) is 30.7. The smallest absolute Gasteiger partial charge is 0.411 e. The molecule has 3 aliphatic heterocycles. The Morgan fingerprint density at radius 2 is 1.37 bits per heavy atom. The Kier molecular flexibility index (Phi) is 7.44. The predicted octanol–water partition coefficient (Wildman–Crippen LogP) is 8.95. The van der Waals surface area contributed by atoms with Crippen LogP contribution in [0.25, 0.3) is 39.0 Å². The molecule has 2 aliphatic carbocycles. The zero-order chi connectivity index (χ0) is 36.1. The topological polar surface area (TPSA) is 113 Å². The standard InChI is InChI=1S/C42H46N6O4/c1-41(2,3)51-39(49)47-34-17-27(34)19-36(47)32-16-29(21-43-32)24-9-7-23(8-10-24)25-11-13-30-26(15-25)12-14-31(45-30)33-22-44-38(46-33)37-20-28-18-35(28)48(37)40(50)52-42(4,5)6/h7-15,21-22,27-28,34-37H,16-20H2,1-6H3,(H,44,46)/t27-,28-,34-,35-,36+,37+/m1/s1. The lowest BCUT2D eigenvalue weighted by molar-refractivity contribution is 0.0173. The van der Waals surface area contributed by atoms with Crippen molar-refractivity contribution in [1.29, 1.82) is 0 Å². The number of aromatic nitrogens is 3. The number of aliphatic imine (C=N–C) groups is 1. The number of carbonyl (C=O) groups is 2. The van der Waals surface area contributed by atoms with E-state index < -0.39 is 11.2 Å². The van der Waals surface area contributed by atoms with Crippen molar-refractivity contribution in [1.82, 2.24) is 24.8 Å². The molecule has 1 N–H and O–H groups in total. The van der Waals surface area contributed by atoms with Crippen LogP contribution in [0.5, 0.6) is 0 Å². The lowest BCUT2D eigenvalue weighted by Crippen LogP contribution is -2.45. The van der Waals surface area contributed by atoms with Crippen LogP contribution in [-0.2, 0) is 9.47 Å². The van der Waals surface area contributed by atoms with Gasteiger partial charge in [0.15, 0.2) is 0 Å². The lowest BCUT2D eigenvalue weighted by atomic mass is 9.95. The average Bonchev–Trinajstić information content (AvgIpc) is 3.68. The maximum absolute atomic E-state index is 13.1. The monoisotopic (exact) mass is 698 g/mol. The molecule has 10 heteroatoms. The second-order valence-electron chi connectivity index (χ2n) is 17.2. The first-order valence-electron chi connectivity index (χ1n) is 18.6. The number of carbonyl (C=O) groups excluding carboxylic acids is 2. The van der Waals surface area contributed by atoms with Crippen molar-refractivity contribution in [2.75, 3.05) is 0 Å². The van der Waals surface area contributed by atoms with Crippen molar-refractivity contribution in [3.63, 3.8) is 0 Å². The van der Waals surface area contributed by atoms with E-state index >= 15 is 0 Å². The Balaban J connectivity index is 0.864. The molecular formula is C42H46N6O4. The highest BCUT2D eigenvalue weighted by Gasteiger charge is 2.57. The summed E-state index contributed by atoms with van der Waals surface area (Å²) < 4.78 is 11.5. The number of likely N-dealkylation sites (tertiary alicyclic amines) is 2. The average molecular weight is 699 g/mol. The number of piperidine rings is 2. The van der Waals surface area contributed by atoms with Crippen LogP contribution in [0, 0.1) is 11.8 Å². The highest BCUT2D eigenvalue weighted by Crippen LogP contribution is 2.53. The lowest BCUT2D eigenvalue weighted by Gasteiger charge is -2.30. The molecule has 0 radical (unpaired) electrons. The first-order valence-corrected chi connectivity index (χ1v) is 18.6. The number of nitrogens with zero attached hydrogens (tertiary/aromatic N) is 5. The third kappa shape index (κ3) is 6.16. The van der Waals surface area contributed by atoms with Gasteiger partial charge in [-0.05, 0) is 120 Å². The molecular weight excluding hydrogens is 652 g/mol. The molecule has 0 spiro atoms. The second-order valence-corrected chi connectivity index (χ2v) is 17.2. The molecule has 10 nitrogen and oxygen atoms in total. The van der Waals surface area contributed by atoms with E-state index in [2.05, 4.69) is 53.5 Å². The summed E-state index contributed by atoms with van der Waals surface area (Å²) in [7, 11) is 0. The molecule has 9 rings (SSSR count). The van der Waals surface area contributed by atoms with Crippen LogP contribution in [0.2, 0.25) is 0 Å². The Morgan fingerprint density at radius 1 is 0.750 bits per heavy atom. The van der Waals surface area contributed by atoms with Crippen LogP contribution >= 0.6 is 0 Å². The van der Waals surface area contributed by atoms with Crippen LogP contribution in [0.15, 0.2) is 72.0 Å². The molecule has 5 heterocycles. The van der Waals surface area contributed by atoms with Crippen molar-refractivity contribution < 1.29 is 19.1 Å². The van der Waals surface area contributed by atoms with Crippen LogP contribution in [-0.4, -0.2) is 72.0 Å². The van der Waals surface area contributed by atoms with Gasteiger partial charge in [0.05, 0.1) is 35.2 Å². The van der Waals surface area contributed by atoms with Gasteiger partial charge in [-0.1, -0.05) is 36.4 Å². The van der Waals surface area contributed by atoms with Crippen molar-refractivity contribution in [3.8, 4) is 22.5 Å². The number of rotatable bonds is 5. The van der Waals surface area contributed by atoms with E-state index in [9.17, 15) is 9.59 Å². The first-order chi connectivity index (χ1) is 24.8. The van der Waals surface area contributed by atoms with Gasteiger partial charge in [-0.3, -0.25) is 14.8 Å². The molecule has 2 aromatic carbocycles. The third-order valence-corrected chi connectivity index (χ3v) is 11.0. The fourth-order valence-corrected chi connectivity index (χ4v) is 8.40. The number of fused-ring (bicyclic) bond motifs is 3. The van der Waals surface area contributed by atoms with Gasteiger partial charge in [0.25, 0.3) is 0 Å². The van der Waals surface area contributed by atoms with E-state index in [4.69, 9.17) is 24.4 Å². The fraction of sp³-hybridized carbons (Fsp3) is 0.452. The van der Waals surface area contributed by atoms with Gasteiger partial charge in [0.2, 0.25) is 0 Å². The van der Waals surface area contributed by atoms with E-state index in [1.807, 2.05) is 69.8 Å². The molecule has 2 saturated heterocycles. The highest BCUT2D eigenvalue weighted by atomic mass is 16.6. The summed E-state index contributed by atoms with van der Waals surface area (Å²) >= 11 is 0.